The molecule has 1 aliphatic heterocycles. The summed E-state index contributed by atoms with van der Waals surface area (Å²) in [5.41, 5.74) is 2.96. The van der Waals surface area contributed by atoms with Crippen molar-refractivity contribution in [1.29, 1.82) is 0 Å². The Balaban J connectivity index is 1.30. The van der Waals surface area contributed by atoms with Crippen LogP contribution >= 0.6 is 0 Å². The standard InChI is InChI=1S/C29H32FN7O3/c1-4-26(38)35-11-9-22(10-12-35)37-18(2)27(33-34-37)19-13-23-28(36(17-32-23)21-6-7-21)24(14-19)40-16-29(3,39)25-8-5-20(30)15-31-25/h4-5,8,13-15,17,21-22,39H,1,6-7,9-12,16H2,2-3H3. The zero-order valence-corrected chi connectivity index (χ0v) is 22.6. The SMILES string of the molecule is C=CC(=O)N1CCC(n2nnc(-c3cc(OCC(C)(O)c4ccc(F)cn4)c4c(c3)ncn4C3CC3)c2C)CC1. The fourth-order valence-electron chi connectivity index (χ4n) is 5.41. The van der Waals surface area contributed by atoms with Crippen molar-refractivity contribution in [2.24, 2.45) is 0 Å². The first kappa shape index (κ1) is 26.1. The molecule has 1 atom stereocenters. The fourth-order valence-corrected chi connectivity index (χ4v) is 5.41. The molecule has 0 radical (unpaired) electrons. The van der Waals surface area contributed by atoms with Gasteiger partial charge >= 0.3 is 0 Å². The summed E-state index contributed by atoms with van der Waals surface area (Å²) in [6.07, 6.45) is 8.00. The Morgan fingerprint density at radius 3 is 2.65 bits per heavy atom. The van der Waals surface area contributed by atoms with Crippen molar-refractivity contribution in [1.82, 2.24) is 34.4 Å². The van der Waals surface area contributed by atoms with Crippen LogP contribution in [-0.4, -0.2) is 65.1 Å². The number of likely N-dealkylation sites (tertiary alicyclic amines) is 1. The number of aliphatic hydroxyl groups is 1. The molecule has 6 rings (SSSR count). The normalized spacial score (nSPS) is 17.6. The van der Waals surface area contributed by atoms with Crippen LogP contribution in [0.15, 0.2) is 49.4 Å². The second-order valence-electron chi connectivity index (χ2n) is 10.9. The lowest BCUT2D eigenvalue weighted by Crippen LogP contribution is -2.38. The van der Waals surface area contributed by atoms with E-state index in [1.165, 1.54) is 18.2 Å². The summed E-state index contributed by atoms with van der Waals surface area (Å²) in [5, 5.41) is 20.1. The van der Waals surface area contributed by atoms with E-state index in [4.69, 9.17) is 4.74 Å². The molecule has 2 aliphatic rings. The van der Waals surface area contributed by atoms with Crippen LogP contribution in [-0.2, 0) is 10.4 Å². The molecule has 1 saturated heterocycles. The zero-order valence-electron chi connectivity index (χ0n) is 22.6. The molecule has 208 valence electrons. The number of hydrogen-bond acceptors (Lipinski definition) is 7. The van der Waals surface area contributed by atoms with Crippen LogP contribution < -0.4 is 4.74 Å². The number of carbonyl (C=O) groups excluding carboxylic acids is 1. The van der Waals surface area contributed by atoms with Gasteiger partial charge in [0.15, 0.2) is 0 Å². The van der Waals surface area contributed by atoms with Crippen LogP contribution in [0.2, 0.25) is 0 Å². The second-order valence-corrected chi connectivity index (χ2v) is 10.9. The third-order valence-corrected chi connectivity index (χ3v) is 7.86. The molecule has 11 heteroatoms. The lowest BCUT2D eigenvalue weighted by Gasteiger charge is -2.31. The van der Waals surface area contributed by atoms with Gasteiger partial charge in [0.25, 0.3) is 0 Å². The largest absolute Gasteiger partial charge is 0.488 e. The number of fused-ring (bicyclic) bond motifs is 1. The minimum absolute atomic E-state index is 0.0462. The van der Waals surface area contributed by atoms with Gasteiger partial charge < -0.3 is 19.3 Å². The van der Waals surface area contributed by atoms with Gasteiger partial charge in [0.05, 0.1) is 35.5 Å². The molecule has 10 nitrogen and oxygen atoms in total. The molecule has 1 N–H and O–H groups in total. The van der Waals surface area contributed by atoms with E-state index in [-0.39, 0.29) is 18.6 Å². The molecule has 3 aromatic heterocycles. The van der Waals surface area contributed by atoms with Gasteiger partial charge in [-0.3, -0.25) is 9.78 Å². The van der Waals surface area contributed by atoms with Gasteiger partial charge in [-0.15, -0.1) is 5.10 Å². The van der Waals surface area contributed by atoms with Crippen molar-refractivity contribution < 1.29 is 19.0 Å². The van der Waals surface area contributed by atoms with E-state index in [0.29, 0.717) is 30.6 Å². The number of amides is 1. The van der Waals surface area contributed by atoms with Crippen molar-refractivity contribution in [3.05, 3.63) is 66.6 Å². The summed E-state index contributed by atoms with van der Waals surface area (Å²) >= 11 is 0. The lowest BCUT2D eigenvalue weighted by atomic mass is 10.0. The maximum Gasteiger partial charge on any atom is 0.245 e. The first-order valence-corrected chi connectivity index (χ1v) is 13.6. The van der Waals surface area contributed by atoms with Gasteiger partial charge in [-0.05, 0) is 69.9 Å². The van der Waals surface area contributed by atoms with Crippen molar-refractivity contribution in [3.63, 3.8) is 0 Å². The molecule has 1 saturated carbocycles. The first-order valence-electron chi connectivity index (χ1n) is 13.6. The Hall–Kier alpha value is -4.12. The number of carbonyl (C=O) groups is 1. The third-order valence-electron chi connectivity index (χ3n) is 7.86. The average Bonchev–Trinajstić information content (AvgIpc) is 3.60. The summed E-state index contributed by atoms with van der Waals surface area (Å²) in [5.74, 6) is 0.0574. The second kappa shape index (κ2) is 10.1. The summed E-state index contributed by atoms with van der Waals surface area (Å²) in [6.45, 7) is 8.38. The highest BCUT2D eigenvalue weighted by Crippen LogP contribution is 2.41. The average molecular weight is 546 g/mol. The molecule has 0 bridgehead atoms. The highest BCUT2D eigenvalue weighted by Gasteiger charge is 2.31. The number of piperidine rings is 1. The van der Waals surface area contributed by atoms with Crippen molar-refractivity contribution in [3.8, 4) is 17.0 Å². The Morgan fingerprint density at radius 2 is 1.98 bits per heavy atom. The number of halogens is 1. The zero-order chi connectivity index (χ0) is 28.0. The van der Waals surface area contributed by atoms with E-state index in [2.05, 4.69) is 31.4 Å². The smallest absolute Gasteiger partial charge is 0.245 e. The quantitative estimate of drug-likeness (QED) is 0.332. The summed E-state index contributed by atoms with van der Waals surface area (Å²) in [6, 6.07) is 7.15. The van der Waals surface area contributed by atoms with Crippen molar-refractivity contribution >= 4 is 16.9 Å². The lowest BCUT2D eigenvalue weighted by molar-refractivity contribution is -0.127. The maximum atomic E-state index is 13.4. The van der Waals surface area contributed by atoms with Gasteiger partial charge in [-0.1, -0.05) is 11.8 Å². The first-order chi connectivity index (χ1) is 19.2. The number of ether oxygens (including phenoxy) is 1. The Bertz CT molecular complexity index is 1560. The van der Waals surface area contributed by atoms with E-state index in [1.54, 1.807) is 11.8 Å². The minimum atomic E-state index is -1.44. The monoisotopic (exact) mass is 545 g/mol. The van der Waals surface area contributed by atoms with E-state index in [0.717, 1.165) is 59.9 Å². The van der Waals surface area contributed by atoms with E-state index >= 15 is 0 Å². The Morgan fingerprint density at radius 1 is 1.20 bits per heavy atom. The summed E-state index contributed by atoms with van der Waals surface area (Å²) in [7, 11) is 0. The van der Waals surface area contributed by atoms with Crippen LogP contribution in [0.5, 0.6) is 5.75 Å². The molecular formula is C29H32FN7O3. The van der Waals surface area contributed by atoms with Gasteiger partial charge in [-0.25, -0.2) is 14.1 Å². The van der Waals surface area contributed by atoms with Crippen LogP contribution in [0.25, 0.3) is 22.3 Å². The Labute approximate surface area is 231 Å². The number of nitrogens with zero attached hydrogens (tertiary/aromatic N) is 7. The highest BCUT2D eigenvalue weighted by molar-refractivity contribution is 5.88. The number of aromatic nitrogens is 6. The highest BCUT2D eigenvalue weighted by atomic mass is 19.1. The van der Waals surface area contributed by atoms with Gasteiger partial charge in [0, 0.05) is 24.7 Å². The molecule has 1 aliphatic carbocycles. The number of hydrogen-bond donors (Lipinski definition) is 1. The molecule has 1 aromatic carbocycles. The summed E-state index contributed by atoms with van der Waals surface area (Å²) < 4.78 is 23.7. The molecule has 2 fully saturated rings. The molecule has 40 heavy (non-hydrogen) atoms. The molecule has 0 spiro atoms. The van der Waals surface area contributed by atoms with Crippen molar-refractivity contribution in [2.45, 2.75) is 57.2 Å². The van der Waals surface area contributed by atoms with Gasteiger partial charge in [0.1, 0.15) is 35.0 Å². The van der Waals surface area contributed by atoms with Gasteiger partial charge in [-0.2, -0.15) is 0 Å². The van der Waals surface area contributed by atoms with Crippen LogP contribution in [0.3, 0.4) is 0 Å². The predicted octanol–water partition coefficient (Wildman–Crippen LogP) is 4.11. The topological polar surface area (TPSA) is 111 Å². The van der Waals surface area contributed by atoms with Crippen LogP contribution in [0, 0.1) is 12.7 Å². The fraction of sp³-hybridized carbons (Fsp3) is 0.414. The molecule has 4 heterocycles. The van der Waals surface area contributed by atoms with Gasteiger partial charge in [0.2, 0.25) is 5.91 Å². The number of imidazole rings is 1. The molecule has 1 unspecified atom stereocenters. The number of rotatable bonds is 8. The predicted molar refractivity (Wildman–Crippen MR) is 146 cm³/mol. The summed E-state index contributed by atoms with van der Waals surface area (Å²) in [4.78, 5) is 22.5. The van der Waals surface area contributed by atoms with E-state index < -0.39 is 11.4 Å². The number of pyridine rings is 1. The third kappa shape index (κ3) is 4.85. The number of benzene rings is 1. The maximum absolute atomic E-state index is 13.4. The van der Waals surface area contributed by atoms with Crippen LogP contribution in [0.1, 0.15) is 56.1 Å². The van der Waals surface area contributed by atoms with Crippen LogP contribution in [0.4, 0.5) is 4.39 Å². The molecule has 1 amide bonds. The van der Waals surface area contributed by atoms with Crippen molar-refractivity contribution in [2.75, 3.05) is 19.7 Å². The van der Waals surface area contributed by atoms with E-state index in [1.807, 2.05) is 30.1 Å². The van der Waals surface area contributed by atoms with E-state index in [9.17, 15) is 14.3 Å². The Kier molecular flexibility index (Phi) is 6.61. The minimum Gasteiger partial charge on any atom is -0.488 e. The molecular weight excluding hydrogens is 513 g/mol. The molecule has 4 aromatic rings.